The molecule has 1 N–H and O–H groups in total. The molecule has 0 aromatic carbocycles. The largest absolute Gasteiger partial charge is 0.480 e. The van der Waals surface area contributed by atoms with Gasteiger partial charge in [-0.25, -0.2) is 0 Å². The first-order valence-electron chi connectivity index (χ1n) is 6.32. The van der Waals surface area contributed by atoms with Crippen LogP contribution in [0.2, 0.25) is 0 Å². The van der Waals surface area contributed by atoms with Gasteiger partial charge in [-0.15, -0.1) is 11.3 Å². The minimum absolute atomic E-state index is 0.129. The molecule has 0 unspecified atom stereocenters. The number of aliphatic carboxylic acids is 1. The molecular weight excluding hydrogens is 262 g/mol. The van der Waals surface area contributed by atoms with Crippen LogP contribution < -0.4 is 0 Å². The highest BCUT2D eigenvalue weighted by Crippen LogP contribution is 2.21. The van der Waals surface area contributed by atoms with E-state index in [4.69, 9.17) is 5.11 Å². The Bertz CT molecular complexity index is 460. The van der Waals surface area contributed by atoms with E-state index in [1.807, 2.05) is 33.8 Å². The number of rotatable bonds is 5. The van der Waals surface area contributed by atoms with E-state index >= 15 is 0 Å². The summed E-state index contributed by atoms with van der Waals surface area (Å²) in [6.07, 6.45) is 0.885. The van der Waals surface area contributed by atoms with Gasteiger partial charge in [-0.1, -0.05) is 27.7 Å². The van der Waals surface area contributed by atoms with E-state index in [9.17, 15) is 9.59 Å². The molecule has 19 heavy (non-hydrogen) atoms. The summed E-state index contributed by atoms with van der Waals surface area (Å²) in [5.41, 5.74) is -0.129. The third kappa shape index (κ3) is 5.03. The number of thiophene rings is 1. The van der Waals surface area contributed by atoms with Crippen molar-refractivity contribution in [3.05, 3.63) is 21.9 Å². The average molecular weight is 283 g/mol. The van der Waals surface area contributed by atoms with Crippen molar-refractivity contribution in [2.75, 3.05) is 13.1 Å². The van der Waals surface area contributed by atoms with Crippen molar-refractivity contribution in [3.8, 4) is 0 Å². The molecule has 1 heterocycles. The summed E-state index contributed by atoms with van der Waals surface area (Å²) in [5, 5.41) is 8.94. The van der Waals surface area contributed by atoms with Crippen LogP contribution in [0.5, 0.6) is 0 Å². The fourth-order valence-electron chi connectivity index (χ4n) is 1.77. The Kier molecular flexibility index (Phi) is 5.11. The fraction of sp³-hybridized carbons (Fsp3) is 0.571. The molecule has 5 heteroatoms. The monoisotopic (exact) mass is 283 g/mol. The normalized spacial score (nSPS) is 11.4. The number of carboxylic acid groups (broad SMARTS) is 1. The van der Waals surface area contributed by atoms with Crippen LogP contribution in [0, 0.1) is 5.41 Å². The summed E-state index contributed by atoms with van der Waals surface area (Å²) in [6.45, 7) is 8.17. The minimum Gasteiger partial charge on any atom is -0.480 e. The predicted molar refractivity (Wildman–Crippen MR) is 76.7 cm³/mol. The third-order valence-electron chi connectivity index (χ3n) is 2.50. The quantitative estimate of drug-likeness (QED) is 0.904. The predicted octanol–water partition coefficient (Wildman–Crippen LogP) is 2.88. The molecule has 0 spiro atoms. The number of hydrogen-bond acceptors (Lipinski definition) is 3. The van der Waals surface area contributed by atoms with Gasteiger partial charge in [0.25, 0.3) is 5.91 Å². The van der Waals surface area contributed by atoms with E-state index in [1.54, 1.807) is 6.07 Å². The molecule has 0 radical (unpaired) electrons. The van der Waals surface area contributed by atoms with Crippen LogP contribution in [0.1, 0.15) is 42.2 Å². The maximum Gasteiger partial charge on any atom is 0.323 e. The first-order valence-corrected chi connectivity index (χ1v) is 7.14. The molecule has 1 aromatic rings. The van der Waals surface area contributed by atoms with Gasteiger partial charge in [0.2, 0.25) is 0 Å². The Morgan fingerprint density at radius 2 is 1.95 bits per heavy atom. The smallest absolute Gasteiger partial charge is 0.323 e. The molecule has 4 nitrogen and oxygen atoms in total. The highest BCUT2D eigenvalue weighted by molar-refractivity contribution is 7.14. The number of carbonyl (C=O) groups excluding carboxylic acids is 1. The van der Waals surface area contributed by atoms with Crippen molar-refractivity contribution in [1.82, 2.24) is 4.90 Å². The van der Waals surface area contributed by atoms with Crippen LogP contribution in [0.15, 0.2) is 12.1 Å². The van der Waals surface area contributed by atoms with Gasteiger partial charge in [0.15, 0.2) is 0 Å². The van der Waals surface area contributed by atoms with Gasteiger partial charge >= 0.3 is 5.97 Å². The molecule has 0 aliphatic carbocycles. The minimum atomic E-state index is -0.982. The van der Waals surface area contributed by atoms with Crippen molar-refractivity contribution in [2.24, 2.45) is 5.41 Å². The molecule has 0 atom stereocenters. The van der Waals surface area contributed by atoms with Gasteiger partial charge in [0.1, 0.15) is 6.54 Å². The summed E-state index contributed by atoms with van der Waals surface area (Å²) >= 11 is 1.44. The van der Waals surface area contributed by atoms with E-state index in [2.05, 4.69) is 0 Å². The zero-order valence-corrected chi connectivity index (χ0v) is 12.7. The third-order valence-corrected chi connectivity index (χ3v) is 3.72. The standard InChI is InChI=1S/C14H21NO3S/c1-5-10-6-7-11(19-10)13(18)15(8-12(16)17)9-14(2,3)4/h6-7H,5,8-9H2,1-4H3,(H,16,17). The van der Waals surface area contributed by atoms with Crippen LogP contribution in [0.3, 0.4) is 0 Å². The second-order valence-corrected chi connectivity index (χ2v) is 6.90. The molecular formula is C14H21NO3S. The Morgan fingerprint density at radius 3 is 2.37 bits per heavy atom. The molecule has 0 bridgehead atoms. The molecule has 1 amide bonds. The zero-order chi connectivity index (χ0) is 14.6. The molecule has 0 aliphatic rings. The molecule has 1 aromatic heterocycles. The summed E-state index contributed by atoms with van der Waals surface area (Å²) in [4.78, 5) is 26.4. The summed E-state index contributed by atoms with van der Waals surface area (Å²) < 4.78 is 0. The van der Waals surface area contributed by atoms with Crippen LogP contribution in [0.4, 0.5) is 0 Å². The fourth-order valence-corrected chi connectivity index (χ4v) is 2.69. The Balaban J connectivity index is 2.90. The molecule has 0 saturated heterocycles. The average Bonchev–Trinajstić information content (AvgIpc) is 2.73. The number of hydrogen-bond donors (Lipinski definition) is 1. The van der Waals surface area contributed by atoms with Gasteiger partial charge < -0.3 is 10.0 Å². The maximum absolute atomic E-state index is 12.4. The highest BCUT2D eigenvalue weighted by atomic mass is 32.1. The van der Waals surface area contributed by atoms with E-state index in [1.165, 1.54) is 16.2 Å². The lowest BCUT2D eigenvalue weighted by Gasteiger charge is -2.28. The second-order valence-electron chi connectivity index (χ2n) is 5.74. The highest BCUT2D eigenvalue weighted by Gasteiger charge is 2.24. The molecule has 106 valence electrons. The second kappa shape index (κ2) is 6.19. The van der Waals surface area contributed by atoms with Crippen molar-refractivity contribution in [3.63, 3.8) is 0 Å². The van der Waals surface area contributed by atoms with Crippen LogP contribution >= 0.6 is 11.3 Å². The molecule has 0 saturated carbocycles. The first-order chi connectivity index (χ1) is 8.73. The summed E-state index contributed by atoms with van der Waals surface area (Å²) in [7, 11) is 0. The molecule has 0 aliphatic heterocycles. The van der Waals surface area contributed by atoms with Crippen LogP contribution in [-0.4, -0.2) is 35.0 Å². The van der Waals surface area contributed by atoms with E-state index < -0.39 is 5.97 Å². The Labute approximate surface area is 118 Å². The van der Waals surface area contributed by atoms with Crippen molar-refractivity contribution < 1.29 is 14.7 Å². The molecule has 0 fully saturated rings. The molecule has 1 rings (SSSR count). The lowest BCUT2D eigenvalue weighted by Crippen LogP contribution is -2.40. The van der Waals surface area contributed by atoms with Crippen molar-refractivity contribution >= 4 is 23.2 Å². The number of amides is 1. The van der Waals surface area contributed by atoms with Crippen molar-refractivity contribution in [1.29, 1.82) is 0 Å². The van der Waals surface area contributed by atoms with Gasteiger partial charge in [-0.05, 0) is 24.0 Å². The Hall–Kier alpha value is -1.36. The van der Waals surface area contributed by atoms with Gasteiger partial charge in [-0.3, -0.25) is 9.59 Å². The number of aryl methyl sites for hydroxylation is 1. The van der Waals surface area contributed by atoms with E-state index in [0.29, 0.717) is 11.4 Å². The van der Waals surface area contributed by atoms with Gasteiger partial charge in [0, 0.05) is 11.4 Å². The summed E-state index contributed by atoms with van der Waals surface area (Å²) in [5.74, 6) is -1.17. The number of carboxylic acids is 1. The number of carbonyl (C=O) groups is 2. The van der Waals surface area contributed by atoms with Gasteiger partial charge in [0.05, 0.1) is 4.88 Å². The van der Waals surface area contributed by atoms with E-state index in [-0.39, 0.29) is 17.9 Å². The zero-order valence-electron chi connectivity index (χ0n) is 11.9. The van der Waals surface area contributed by atoms with Crippen LogP contribution in [0.25, 0.3) is 0 Å². The van der Waals surface area contributed by atoms with Crippen LogP contribution in [-0.2, 0) is 11.2 Å². The SMILES string of the molecule is CCc1ccc(C(=O)N(CC(=O)O)CC(C)(C)C)s1. The lowest BCUT2D eigenvalue weighted by molar-refractivity contribution is -0.138. The van der Waals surface area contributed by atoms with Gasteiger partial charge in [-0.2, -0.15) is 0 Å². The topological polar surface area (TPSA) is 57.6 Å². The summed E-state index contributed by atoms with van der Waals surface area (Å²) in [6, 6.07) is 3.71. The maximum atomic E-state index is 12.4. The van der Waals surface area contributed by atoms with E-state index in [0.717, 1.165) is 11.3 Å². The first kappa shape index (κ1) is 15.7. The van der Waals surface area contributed by atoms with Crippen molar-refractivity contribution in [2.45, 2.75) is 34.1 Å². The number of nitrogens with zero attached hydrogens (tertiary/aromatic N) is 1. The lowest BCUT2D eigenvalue weighted by atomic mass is 9.96. The Morgan fingerprint density at radius 1 is 1.32 bits per heavy atom.